The van der Waals surface area contributed by atoms with Crippen molar-refractivity contribution in [1.82, 2.24) is 58.1 Å². The van der Waals surface area contributed by atoms with Crippen LogP contribution in [0.5, 0.6) is 0 Å². The van der Waals surface area contributed by atoms with Gasteiger partial charge >= 0.3 is 0 Å². The number of amides is 11. The van der Waals surface area contributed by atoms with Gasteiger partial charge in [0.25, 0.3) is 0 Å². The number of hydrogen-bond donors (Lipinski definition) is 19. The molecule has 4 aliphatic rings. The second-order valence-electron chi connectivity index (χ2n) is 30.5. The number of carbonyl (C=O) groups is 11. The Balaban J connectivity index is 1.29. The topological polar surface area (TPSA) is 576 Å². The van der Waals surface area contributed by atoms with Crippen molar-refractivity contribution in [2.45, 2.75) is 305 Å². The van der Waals surface area contributed by atoms with E-state index in [2.05, 4.69) is 60.1 Å². The lowest BCUT2D eigenvalue weighted by atomic mass is 9.97. The van der Waals surface area contributed by atoms with Gasteiger partial charge in [-0.3, -0.25) is 52.7 Å². The standard InChI is InChI=1S/C78H139N11O29/c1-5-22-54-23-18-38-89(54)65(103)28-11-9-7-6-8-10-27-64(102)88-78(48-110-42-29-61(99)82-35-19-32-79-58(96)24-12-15-39-113-75-66(85-51(2)93)72(107)69(104)55(45-90)116-75,49-111-43-30-62(100)83-36-20-33-80-59(97)25-13-16-40-114-76-67(86-52(3)94)73(108)70(105)56(46-91)117-76)50-112-44-31-63(101)84-37-21-34-81-60(98)26-14-17-41-115-77-68(87-53(4)95)74(109)71(106)57(47-92)118-77/h54-57,66-77,90-92,104-109H,5-50H2,1-4H3,(H,79,96)(H,80,97)(H,81,98)(H,82,99)(H,83,100)(H,84,101)(H,85,93)(H,86,94)(H,87,95)(H,88,102)/t54-,55?,56?,57?,66?,67?,68?,69?,70?,71?,72?,73?,74?,75?,76?,77?,78?/m1/s1. The Bertz CT molecular complexity index is 2690. The lowest BCUT2D eigenvalue weighted by Crippen LogP contribution is -2.64. The van der Waals surface area contributed by atoms with Gasteiger partial charge < -0.3 is 147 Å². The van der Waals surface area contributed by atoms with E-state index in [-0.39, 0.29) is 191 Å². The molecule has 0 aromatic heterocycles. The minimum absolute atomic E-state index is 0.0786. The molecule has 4 aliphatic heterocycles. The maximum atomic E-state index is 14.0. The molecule has 4 fully saturated rings. The van der Waals surface area contributed by atoms with Crippen LogP contribution in [0.25, 0.3) is 0 Å². The maximum Gasteiger partial charge on any atom is 0.222 e. The van der Waals surface area contributed by atoms with Crippen molar-refractivity contribution >= 4 is 65.0 Å². The summed E-state index contributed by atoms with van der Waals surface area (Å²) in [4.78, 5) is 142. The number of ether oxygens (including phenoxy) is 9. The van der Waals surface area contributed by atoms with Crippen molar-refractivity contribution in [3.05, 3.63) is 0 Å². The van der Waals surface area contributed by atoms with Crippen LogP contribution in [-0.4, -0.2) is 344 Å². The minimum Gasteiger partial charge on any atom is -0.394 e. The molecule has 0 spiro atoms. The number of nitrogens with one attached hydrogen (secondary N) is 10. The molecule has 19 N–H and O–H groups in total. The Hall–Kier alpha value is -6.55. The van der Waals surface area contributed by atoms with Crippen LogP contribution in [0, 0.1) is 0 Å². The highest BCUT2D eigenvalue weighted by Crippen LogP contribution is 2.27. The number of carbonyl (C=O) groups excluding carboxylic acids is 11. The molecule has 0 radical (unpaired) electrons. The van der Waals surface area contributed by atoms with Crippen LogP contribution in [0.2, 0.25) is 0 Å². The first-order valence-corrected chi connectivity index (χ1v) is 42.1. The molecule has 4 heterocycles. The van der Waals surface area contributed by atoms with Crippen LogP contribution < -0.4 is 53.2 Å². The molecule has 0 saturated carbocycles. The molecule has 16 atom stereocenters. The van der Waals surface area contributed by atoms with E-state index < -0.39 is 135 Å². The summed E-state index contributed by atoms with van der Waals surface area (Å²) in [5.74, 6) is -3.48. The molecule has 11 amide bonds. The fourth-order valence-corrected chi connectivity index (χ4v) is 13.9. The highest BCUT2D eigenvalue weighted by atomic mass is 16.7. The summed E-state index contributed by atoms with van der Waals surface area (Å²) in [5, 5.41) is 118. The van der Waals surface area contributed by atoms with Gasteiger partial charge in [-0.15, -0.1) is 0 Å². The SMILES string of the molecule is CCC[C@@H]1CCCN1C(=O)CCCCCCCCC(=O)NC(COCCC(=O)NCCCNC(=O)CCCCOC1OC(CO)C(O)C(O)C1NC(C)=O)(COCCC(=O)NCCCNC(=O)CCCCOC1OC(CO)C(O)C(O)C1NC(C)=O)COCCC(=O)NCCCNC(=O)CCCCOC1OC(CO)C(O)C(O)C1NC(C)=O. The Morgan fingerprint density at radius 1 is 0.373 bits per heavy atom. The quantitative estimate of drug-likeness (QED) is 0.0260. The molecule has 15 unspecified atom stereocenters. The monoisotopic (exact) mass is 1690 g/mol. The van der Waals surface area contributed by atoms with Crippen molar-refractivity contribution in [2.75, 3.05) is 125 Å². The van der Waals surface area contributed by atoms with Crippen molar-refractivity contribution < 1.29 is 141 Å². The third-order valence-corrected chi connectivity index (χ3v) is 20.3. The van der Waals surface area contributed by atoms with Crippen LogP contribution in [0.15, 0.2) is 0 Å². The van der Waals surface area contributed by atoms with Crippen molar-refractivity contribution in [3.63, 3.8) is 0 Å². The van der Waals surface area contributed by atoms with Crippen LogP contribution in [-0.2, 0) is 95.4 Å². The third-order valence-electron chi connectivity index (χ3n) is 20.3. The maximum absolute atomic E-state index is 14.0. The lowest BCUT2D eigenvalue weighted by Gasteiger charge is -2.42. The molecule has 40 heteroatoms. The van der Waals surface area contributed by atoms with Gasteiger partial charge in [0.15, 0.2) is 18.9 Å². The predicted molar refractivity (Wildman–Crippen MR) is 421 cm³/mol. The minimum atomic E-state index is -1.46. The van der Waals surface area contributed by atoms with Gasteiger partial charge in [-0.25, -0.2) is 0 Å². The van der Waals surface area contributed by atoms with E-state index in [4.69, 9.17) is 42.6 Å². The van der Waals surface area contributed by atoms with E-state index in [1.54, 1.807) is 0 Å². The largest absolute Gasteiger partial charge is 0.394 e. The van der Waals surface area contributed by atoms with Crippen LogP contribution >= 0.6 is 0 Å². The van der Waals surface area contributed by atoms with Crippen molar-refractivity contribution in [2.24, 2.45) is 0 Å². The average Bonchev–Trinajstić information content (AvgIpc) is 1.12. The van der Waals surface area contributed by atoms with Gasteiger partial charge in [-0.2, -0.15) is 0 Å². The first kappa shape index (κ1) is 104. The molecule has 0 bridgehead atoms. The second-order valence-corrected chi connectivity index (χ2v) is 30.5. The summed E-state index contributed by atoms with van der Waals surface area (Å²) < 4.78 is 52.2. The van der Waals surface area contributed by atoms with E-state index >= 15 is 0 Å². The first-order valence-electron chi connectivity index (χ1n) is 42.1. The van der Waals surface area contributed by atoms with E-state index in [9.17, 15) is 98.7 Å². The molecular formula is C78H139N11O29. The van der Waals surface area contributed by atoms with Crippen LogP contribution in [0.1, 0.15) is 201 Å². The lowest BCUT2D eigenvalue weighted by molar-refractivity contribution is -0.270. The van der Waals surface area contributed by atoms with Gasteiger partial charge in [0.2, 0.25) is 65.0 Å². The zero-order valence-electron chi connectivity index (χ0n) is 69.4. The Kier molecular flexibility index (Phi) is 52.8. The van der Waals surface area contributed by atoms with E-state index in [1.807, 2.05) is 4.90 Å². The number of hydrogen-bond acceptors (Lipinski definition) is 29. The summed E-state index contributed by atoms with van der Waals surface area (Å²) >= 11 is 0. The van der Waals surface area contributed by atoms with Gasteiger partial charge in [0.05, 0.1) is 59.5 Å². The summed E-state index contributed by atoms with van der Waals surface area (Å²) in [6, 6.07) is -2.96. The molecule has 118 heavy (non-hydrogen) atoms. The predicted octanol–water partition coefficient (Wildman–Crippen LogP) is -3.77. The average molecular weight is 1700 g/mol. The first-order chi connectivity index (χ1) is 56.7. The molecule has 4 saturated heterocycles. The van der Waals surface area contributed by atoms with E-state index in [0.717, 1.165) is 64.3 Å². The van der Waals surface area contributed by atoms with E-state index in [0.29, 0.717) is 76.7 Å². The van der Waals surface area contributed by atoms with Crippen molar-refractivity contribution in [3.8, 4) is 0 Å². The van der Waals surface area contributed by atoms with Crippen molar-refractivity contribution in [1.29, 1.82) is 0 Å². The fraction of sp³-hybridized carbons (Fsp3) is 0.859. The van der Waals surface area contributed by atoms with Gasteiger partial charge in [-0.1, -0.05) is 39.0 Å². The second kappa shape index (κ2) is 60.0. The van der Waals surface area contributed by atoms with Gasteiger partial charge in [-0.05, 0) is 89.9 Å². The fourth-order valence-electron chi connectivity index (χ4n) is 13.9. The Morgan fingerprint density at radius 2 is 0.669 bits per heavy atom. The molecule has 0 aromatic rings. The smallest absolute Gasteiger partial charge is 0.222 e. The normalized spacial score (nSPS) is 24.8. The summed E-state index contributed by atoms with van der Waals surface area (Å²) in [7, 11) is 0. The third kappa shape index (κ3) is 41.3. The number of nitrogens with zero attached hydrogens (tertiary/aromatic N) is 1. The molecular weight excluding hydrogens is 1550 g/mol. The summed E-state index contributed by atoms with van der Waals surface area (Å²) in [5.41, 5.74) is -1.42. The number of aliphatic hydroxyl groups is 9. The zero-order chi connectivity index (χ0) is 86.6. The van der Waals surface area contributed by atoms with Crippen LogP contribution in [0.3, 0.4) is 0 Å². The molecule has 680 valence electrons. The molecule has 4 rings (SSSR count). The zero-order valence-corrected chi connectivity index (χ0v) is 69.4. The van der Waals surface area contributed by atoms with Gasteiger partial charge in [0, 0.05) is 144 Å². The summed E-state index contributed by atoms with van der Waals surface area (Å²) in [6.45, 7) is 5.38. The summed E-state index contributed by atoms with van der Waals surface area (Å²) in [6.07, 6.45) is -2.55. The van der Waals surface area contributed by atoms with Gasteiger partial charge in [0.1, 0.15) is 78.6 Å². The number of rotatable bonds is 63. The number of likely N-dealkylation sites (tertiary alicyclic amines) is 1. The number of aliphatic hydroxyl groups excluding tert-OH is 9. The van der Waals surface area contributed by atoms with E-state index in [1.165, 1.54) is 20.8 Å². The highest BCUT2D eigenvalue weighted by Gasteiger charge is 2.48. The molecule has 0 aromatic carbocycles. The number of unbranched alkanes of at least 4 members (excludes halogenated alkanes) is 8. The van der Waals surface area contributed by atoms with Crippen LogP contribution in [0.4, 0.5) is 0 Å². The Morgan fingerprint density at radius 3 is 0.983 bits per heavy atom. The Labute approximate surface area is 691 Å². The highest BCUT2D eigenvalue weighted by molar-refractivity contribution is 5.79. The molecule has 0 aliphatic carbocycles. The molecule has 40 nitrogen and oxygen atoms in total.